The number of rotatable bonds is 12. The summed E-state index contributed by atoms with van der Waals surface area (Å²) in [7, 11) is 0. The lowest BCUT2D eigenvalue weighted by Gasteiger charge is -2.39. The van der Waals surface area contributed by atoms with E-state index in [9.17, 15) is 24.0 Å². The van der Waals surface area contributed by atoms with Gasteiger partial charge in [0.2, 0.25) is 11.8 Å². The molecule has 16 heteroatoms. The number of hydrogen-bond donors (Lipinski definition) is 1. The number of hydrogen-bond acceptors (Lipinski definition) is 12. The first-order valence-electron chi connectivity index (χ1n) is 24.8. The molecule has 6 aliphatic rings. The van der Waals surface area contributed by atoms with Crippen LogP contribution in [0.5, 0.6) is 0 Å². The number of carbonyl (C=O) groups excluding carboxylic acids is 4. The number of Topliss-reactive ketones (excluding diaryl/α,β-unsaturated/α-hetero) is 1. The van der Waals surface area contributed by atoms with Gasteiger partial charge in [0.1, 0.15) is 17.5 Å². The van der Waals surface area contributed by atoms with E-state index < -0.39 is 11.9 Å². The molecule has 3 aromatic heterocycles. The number of aromatic nitrogens is 4. The third kappa shape index (κ3) is 9.35. The van der Waals surface area contributed by atoms with Crippen molar-refractivity contribution in [1.29, 1.82) is 0 Å². The number of ketones is 1. The fourth-order valence-corrected chi connectivity index (χ4v) is 12.3. The monoisotopic (exact) mass is 930 g/mol. The molecule has 4 aromatic rings. The van der Waals surface area contributed by atoms with Crippen LogP contribution in [0.15, 0.2) is 41.5 Å². The van der Waals surface area contributed by atoms with Crippen molar-refractivity contribution in [3.05, 3.63) is 85.8 Å². The number of aryl methyl sites for hydroxylation is 1. The van der Waals surface area contributed by atoms with Crippen molar-refractivity contribution in [3.63, 3.8) is 0 Å². The lowest BCUT2D eigenvalue weighted by atomic mass is 9.82. The summed E-state index contributed by atoms with van der Waals surface area (Å²) in [5.74, 6) is 0.998. The van der Waals surface area contributed by atoms with Gasteiger partial charge in [-0.05, 0) is 120 Å². The van der Waals surface area contributed by atoms with Gasteiger partial charge in [-0.1, -0.05) is 24.4 Å². The number of anilines is 2. The number of amides is 3. The fourth-order valence-electron chi connectivity index (χ4n) is 11.9. The zero-order valence-corrected chi connectivity index (χ0v) is 39.7. The van der Waals surface area contributed by atoms with E-state index in [1.54, 1.807) is 15.7 Å². The minimum absolute atomic E-state index is 0.0495. The zero-order valence-electron chi connectivity index (χ0n) is 39.0. The van der Waals surface area contributed by atoms with Crippen LogP contribution in [-0.2, 0) is 22.6 Å². The third-order valence-electron chi connectivity index (χ3n) is 15.9. The molecule has 1 aliphatic carbocycles. The summed E-state index contributed by atoms with van der Waals surface area (Å²) in [6.45, 7) is 14.0. The average molecular weight is 932 g/mol. The number of fused-ring (bicyclic) bond motifs is 2. The molecule has 0 bridgehead atoms. The molecule has 1 atom stereocenters. The highest BCUT2D eigenvalue weighted by Crippen LogP contribution is 2.40. The van der Waals surface area contributed by atoms with Gasteiger partial charge in [-0.2, -0.15) is 0 Å². The van der Waals surface area contributed by atoms with Crippen molar-refractivity contribution in [1.82, 2.24) is 39.5 Å². The molecule has 5 aliphatic heterocycles. The van der Waals surface area contributed by atoms with Crippen LogP contribution in [0.4, 0.5) is 11.4 Å². The number of halogens is 1. The first kappa shape index (κ1) is 45.5. The van der Waals surface area contributed by atoms with Gasteiger partial charge >= 0.3 is 0 Å². The quantitative estimate of drug-likeness (QED) is 0.132. The Kier molecular flexibility index (Phi) is 13.2. The zero-order chi connectivity index (χ0) is 46.3. The van der Waals surface area contributed by atoms with Gasteiger partial charge in [-0.15, -0.1) is 0 Å². The molecule has 4 saturated heterocycles. The van der Waals surface area contributed by atoms with Crippen LogP contribution in [0, 0.1) is 18.8 Å². The van der Waals surface area contributed by atoms with E-state index in [1.165, 1.54) is 39.3 Å². The molecule has 15 nitrogen and oxygen atoms in total. The molecular weight excluding hydrogens is 868 g/mol. The van der Waals surface area contributed by atoms with E-state index in [4.69, 9.17) is 21.6 Å². The Balaban J connectivity index is 0.647. The standard InChI is InChI=1S/C51H63ClN10O5/c1-32-40-30-54-44(55-48(40)62(37-5-3-4-6-37)51(67)46(32)33(2)63)28-36-7-8-38(29-53-36)59-25-23-58(24-26-59)22-21-57-17-13-34(14-18-57)27-35-15-19-60(20-16-35)42-10-9-39-41(47(42)52)31-61(50(39)66)43-11-12-45(64)56-49(43)65/h7-10,29-30,34-35,37,43H,3-6,11-28,31H2,1-2H3,(H,56,64,65)/t43-/m0/s1. The van der Waals surface area contributed by atoms with Crippen molar-refractivity contribution in [2.24, 2.45) is 11.8 Å². The summed E-state index contributed by atoms with van der Waals surface area (Å²) >= 11 is 6.99. The lowest BCUT2D eigenvalue weighted by Crippen LogP contribution is -2.52. The molecule has 1 aromatic carbocycles. The van der Waals surface area contributed by atoms with Crippen LogP contribution >= 0.6 is 11.6 Å². The van der Waals surface area contributed by atoms with Crippen LogP contribution in [0.25, 0.3) is 11.0 Å². The van der Waals surface area contributed by atoms with Gasteiger partial charge in [0.25, 0.3) is 11.5 Å². The number of imide groups is 1. The summed E-state index contributed by atoms with van der Waals surface area (Å²) in [6, 6.07) is 7.45. The van der Waals surface area contributed by atoms with E-state index in [0.29, 0.717) is 52.9 Å². The van der Waals surface area contributed by atoms with E-state index in [0.717, 1.165) is 125 Å². The highest BCUT2D eigenvalue weighted by molar-refractivity contribution is 6.35. The number of pyridine rings is 2. The maximum Gasteiger partial charge on any atom is 0.263 e. The Morgan fingerprint density at radius 3 is 2.16 bits per heavy atom. The Bertz CT molecular complexity index is 2610. The topological polar surface area (TPSA) is 157 Å². The number of likely N-dealkylation sites (tertiary alicyclic amines) is 1. The molecule has 1 N–H and O–H groups in total. The molecule has 3 amide bonds. The number of benzene rings is 1. The normalized spacial score (nSPS) is 21.7. The van der Waals surface area contributed by atoms with Gasteiger partial charge in [0, 0.05) is 99.8 Å². The molecule has 67 heavy (non-hydrogen) atoms. The first-order valence-corrected chi connectivity index (χ1v) is 25.1. The molecule has 0 spiro atoms. The van der Waals surface area contributed by atoms with Gasteiger partial charge in [0.15, 0.2) is 5.78 Å². The lowest BCUT2D eigenvalue weighted by molar-refractivity contribution is -0.136. The minimum atomic E-state index is -0.646. The SMILES string of the molecule is CC(=O)c1c(C)c2cnc(Cc3ccc(N4CCN(CCN5CCC(CC6CCN(c7ccc8c(c7Cl)CN([C@H]7CCC(=O)NC7=O)C8=O)CC6)CC5)CC4)cn3)nc2n(C2CCCC2)c1=O. The number of nitrogens with zero attached hydrogens (tertiary/aromatic N) is 9. The summed E-state index contributed by atoms with van der Waals surface area (Å²) in [6.07, 6.45) is 14.8. The van der Waals surface area contributed by atoms with Crippen molar-refractivity contribution < 1.29 is 19.2 Å². The van der Waals surface area contributed by atoms with E-state index in [2.05, 4.69) is 42.0 Å². The average Bonchev–Trinajstić information content (AvgIpc) is 3.98. The Labute approximate surface area is 397 Å². The fraction of sp³-hybridized carbons (Fsp3) is 0.569. The second-order valence-electron chi connectivity index (χ2n) is 20.0. The van der Waals surface area contributed by atoms with E-state index in [1.807, 2.05) is 25.3 Å². The third-order valence-corrected chi connectivity index (χ3v) is 16.3. The van der Waals surface area contributed by atoms with Crippen LogP contribution in [-0.4, -0.2) is 129 Å². The van der Waals surface area contributed by atoms with Crippen molar-refractivity contribution in [2.75, 3.05) is 75.2 Å². The van der Waals surface area contributed by atoms with Crippen LogP contribution in [0.3, 0.4) is 0 Å². The predicted octanol–water partition coefficient (Wildman–Crippen LogP) is 5.96. The minimum Gasteiger partial charge on any atom is -0.370 e. The molecular formula is C51H63ClN10O5. The summed E-state index contributed by atoms with van der Waals surface area (Å²) in [5.41, 5.74) is 5.62. The van der Waals surface area contributed by atoms with Crippen LogP contribution in [0.2, 0.25) is 5.02 Å². The van der Waals surface area contributed by atoms with Crippen molar-refractivity contribution in [3.8, 4) is 0 Å². The van der Waals surface area contributed by atoms with Gasteiger partial charge in [-0.25, -0.2) is 9.97 Å². The van der Waals surface area contributed by atoms with Crippen molar-refractivity contribution in [2.45, 2.75) is 110 Å². The highest BCUT2D eigenvalue weighted by Gasteiger charge is 2.41. The Morgan fingerprint density at radius 1 is 0.791 bits per heavy atom. The van der Waals surface area contributed by atoms with Gasteiger partial charge in [-0.3, -0.25) is 43.7 Å². The predicted molar refractivity (Wildman–Crippen MR) is 258 cm³/mol. The van der Waals surface area contributed by atoms with Crippen molar-refractivity contribution >= 4 is 57.5 Å². The molecule has 0 unspecified atom stereocenters. The second kappa shape index (κ2) is 19.4. The summed E-state index contributed by atoms with van der Waals surface area (Å²) in [4.78, 5) is 89.7. The number of piperazine rings is 1. The van der Waals surface area contributed by atoms with Crippen LogP contribution in [0.1, 0.15) is 127 Å². The largest absolute Gasteiger partial charge is 0.370 e. The maximum absolute atomic E-state index is 13.6. The number of nitrogens with one attached hydrogen (secondary N) is 1. The summed E-state index contributed by atoms with van der Waals surface area (Å²) < 4.78 is 1.77. The van der Waals surface area contributed by atoms with E-state index >= 15 is 0 Å². The molecule has 354 valence electrons. The van der Waals surface area contributed by atoms with E-state index in [-0.39, 0.29) is 41.2 Å². The van der Waals surface area contributed by atoms with Gasteiger partial charge in [0.05, 0.1) is 34.6 Å². The second-order valence-corrected chi connectivity index (χ2v) is 20.4. The highest BCUT2D eigenvalue weighted by atomic mass is 35.5. The molecule has 5 fully saturated rings. The molecule has 8 heterocycles. The Morgan fingerprint density at radius 2 is 1.49 bits per heavy atom. The van der Waals surface area contributed by atoms with Gasteiger partial charge < -0.3 is 19.6 Å². The Hall–Kier alpha value is -5.25. The van der Waals surface area contributed by atoms with Crippen LogP contribution < -0.4 is 20.7 Å². The maximum atomic E-state index is 13.6. The molecule has 0 radical (unpaired) electrons. The first-order chi connectivity index (χ1) is 32.5. The number of piperidine rings is 3. The molecule has 10 rings (SSSR count). The summed E-state index contributed by atoms with van der Waals surface area (Å²) in [5, 5.41) is 3.75. The molecule has 1 saturated carbocycles. The smallest absolute Gasteiger partial charge is 0.263 e. The number of carbonyl (C=O) groups is 4.